The lowest BCUT2D eigenvalue weighted by Crippen LogP contribution is -2.49. The van der Waals surface area contributed by atoms with Gasteiger partial charge in [-0.25, -0.2) is 0 Å². The van der Waals surface area contributed by atoms with Crippen LogP contribution in [0, 0.1) is 11.3 Å². The van der Waals surface area contributed by atoms with E-state index in [0.29, 0.717) is 12.5 Å². The van der Waals surface area contributed by atoms with E-state index in [1.807, 2.05) is 6.92 Å². The highest BCUT2D eigenvalue weighted by Crippen LogP contribution is 2.35. The second-order valence-corrected chi connectivity index (χ2v) is 4.31. The van der Waals surface area contributed by atoms with Gasteiger partial charge in [0.05, 0.1) is 12.0 Å². The van der Waals surface area contributed by atoms with E-state index < -0.39 is 0 Å². The fraction of sp³-hybridized carbons (Fsp3) is 0.909. The maximum absolute atomic E-state index is 11.9. The number of esters is 1. The van der Waals surface area contributed by atoms with Gasteiger partial charge in [0.2, 0.25) is 0 Å². The lowest BCUT2D eigenvalue weighted by Gasteiger charge is -2.38. The van der Waals surface area contributed by atoms with Crippen molar-refractivity contribution in [2.24, 2.45) is 11.3 Å². The van der Waals surface area contributed by atoms with Crippen LogP contribution in [0.2, 0.25) is 0 Å². The van der Waals surface area contributed by atoms with E-state index in [0.717, 1.165) is 25.9 Å². The molecule has 3 nitrogen and oxygen atoms in total. The molecule has 0 aliphatic carbocycles. The number of rotatable bonds is 3. The second kappa shape index (κ2) is 6.33. The number of hydrogen-bond acceptors (Lipinski definition) is 3. The molecule has 0 aromatic rings. The minimum atomic E-state index is -0.283. The van der Waals surface area contributed by atoms with E-state index >= 15 is 0 Å². The Morgan fingerprint density at radius 2 is 2.20 bits per heavy atom. The van der Waals surface area contributed by atoms with Crippen molar-refractivity contribution in [2.75, 3.05) is 19.7 Å². The first-order valence-electron chi connectivity index (χ1n) is 5.51. The number of hydrogen-bond donors (Lipinski definition) is 1. The summed E-state index contributed by atoms with van der Waals surface area (Å²) >= 11 is 0. The van der Waals surface area contributed by atoms with Crippen LogP contribution in [0.1, 0.15) is 33.6 Å². The number of nitrogens with one attached hydrogen (secondary N) is 1. The summed E-state index contributed by atoms with van der Waals surface area (Å²) in [6.07, 6.45) is 2.02. The molecule has 0 radical (unpaired) electrons. The average Bonchev–Trinajstić information content (AvgIpc) is 2.19. The second-order valence-electron chi connectivity index (χ2n) is 4.31. The van der Waals surface area contributed by atoms with E-state index in [1.165, 1.54) is 0 Å². The van der Waals surface area contributed by atoms with Crippen LogP contribution in [0.15, 0.2) is 0 Å². The molecule has 0 aromatic heterocycles. The Kier molecular flexibility index (Phi) is 6.22. The Morgan fingerprint density at radius 3 is 2.60 bits per heavy atom. The molecule has 1 N–H and O–H groups in total. The van der Waals surface area contributed by atoms with Gasteiger partial charge in [0.1, 0.15) is 0 Å². The third-order valence-electron chi connectivity index (χ3n) is 3.20. The predicted molar refractivity (Wildman–Crippen MR) is 63.3 cm³/mol. The SMILES string of the molecule is CCOC(=O)[C@@]1(C(C)C)CCCNC1.Cl. The molecule has 15 heavy (non-hydrogen) atoms. The Balaban J connectivity index is 0.00000196. The molecule has 0 amide bonds. The number of carbonyl (C=O) groups is 1. The zero-order chi connectivity index (χ0) is 10.6. The third-order valence-corrected chi connectivity index (χ3v) is 3.20. The smallest absolute Gasteiger partial charge is 0.313 e. The maximum atomic E-state index is 11.9. The van der Waals surface area contributed by atoms with Gasteiger partial charge in [-0.3, -0.25) is 4.79 Å². The average molecular weight is 236 g/mol. The molecule has 0 aromatic carbocycles. The van der Waals surface area contributed by atoms with Crippen LogP contribution >= 0.6 is 12.4 Å². The van der Waals surface area contributed by atoms with Crippen molar-refractivity contribution in [1.29, 1.82) is 0 Å². The van der Waals surface area contributed by atoms with Crippen molar-refractivity contribution >= 4 is 18.4 Å². The first-order chi connectivity index (χ1) is 6.63. The Morgan fingerprint density at radius 1 is 1.53 bits per heavy atom. The van der Waals surface area contributed by atoms with Crippen molar-refractivity contribution < 1.29 is 9.53 Å². The largest absolute Gasteiger partial charge is 0.466 e. The molecular formula is C11H22ClNO2. The molecule has 1 aliphatic heterocycles. The van der Waals surface area contributed by atoms with Gasteiger partial charge in [0.25, 0.3) is 0 Å². The van der Waals surface area contributed by atoms with E-state index in [9.17, 15) is 4.79 Å². The Labute approximate surface area is 98.4 Å². The van der Waals surface area contributed by atoms with Crippen LogP contribution in [0.5, 0.6) is 0 Å². The third kappa shape index (κ3) is 3.08. The molecule has 1 saturated heterocycles. The summed E-state index contributed by atoms with van der Waals surface area (Å²) in [7, 11) is 0. The minimum Gasteiger partial charge on any atom is -0.466 e. The summed E-state index contributed by atoms with van der Waals surface area (Å²) in [5, 5.41) is 3.30. The lowest BCUT2D eigenvalue weighted by molar-refractivity contribution is -0.159. The molecule has 1 heterocycles. The molecule has 1 rings (SSSR count). The highest BCUT2D eigenvalue weighted by molar-refractivity contribution is 5.85. The van der Waals surface area contributed by atoms with Gasteiger partial charge in [-0.2, -0.15) is 0 Å². The maximum Gasteiger partial charge on any atom is 0.313 e. The molecular weight excluding hydrogens is 214 g/mol. The summed E-state index contributed by atoms with van der Waals surface area (Å²) in [5.74, 6) is 0.316. The molecule has 4 heteroatoms. The number of ether oxygens (including phenoxy) is 1. The molecule has 1 atom stereocenters. The summed E-state index contributed by atoms with van der Waals surface area (Å²) in [6.45, 7) is 8.33. The molecule has 90 valence electrons. The van der Waals surface area contributed by atoms with Crippen LogP contribution in [-0.4, -0.2) is 25.7 Å². The Hall–Kier alpha value is -0.280. The van der Waals surface area contributed by atoms with Crippen LogP contribution in [0.4, 0.5) is 0 Å². The van der Waals surface area contributed by atoms with E-state index in [1.54, 1.807) is 0 Å². The first kappa shape index (κ1) is 14.7. The topological polar surface area (TPSA) is 38.3 Å². The summed E-state index contributed by atoms with van der Waals surface area (Å²) in [6, 6.07) is 0. The Bertz CT molecular complexity index is 201. The number of carbonyl (C=O) groups excluding carboxylic acids is 1. The van der Waals surface area contributed by atoms with E-state index in [4.69, 9.17) is 4.74 Å². The van der Waals surface area contributed by atoms with Crippen LogP contribution in [0.25, 0.3) is 0 Å². The fourth-order valence-corrected chi connectivity index (χ4v) is 2.11. The quantitative estimate of drug-likeness (QED) is 0.761. The number of halogens is 1. The van der Waals surface area contributed by atoms with Crippen molar-refractivity contribution in [1.82, 2.24) is 5.32 Å². The van der Waals surface area contributed by atoms with Gasteiger partial charge >= 0.3 is 5.97 Å². The van der Waals surface area contributed by atoms with Crippen LogP contribution < -0.4 is 5.32 Å². The van der Waals surface area contributed by atoms with Crippen LogP contribution in [0.3, 0.4) is 0 Å². The molecule has 1 aliphatic rings. The highest BCUT2D eigenvalue weighted by Gasteiger charge is 2.43. The standard InChI is InChI=1S/C11H21NO2.ClH/c1-4-14-10(13)11(9(2)3)6-5-7-12-8-11;/h9,12H,4-8H2,1-3H3;1H/t11-;/m0./s1. The zero-order valence-electron chi connectivity index (χ0n) is 9.84. The normalized spacial score (nSPS) is 25.9. The molecule has 0 saturated carbocycles. The van der Waals surface area contributed by atoms with Gasteiger partial charge in [-0.15, -0.1) is 12.4 Å². The fourth-order valence-electron chi connectivity index (χ4n) is 2.11. The molecule has 1 fully saturated rings. The van der Waals surface area contributed by atoms with Crippen molar-refractivity contribution in [3.8, 4) is 0 Å². The lowest BCUT2D eigenvalue weighted by atomic mass is 9.72. The van der Waals surface area contributed by atoms with Gasteiger partial charge in [-0.05, 0) is 32.2 Å². The molecule has 0 bridgehead atoms. The predicted octanol–water partition coefficient (Wildman–Crippen LogP) is 2.00. The van der Waals surface area contributed by atoms with Gasteiger partial charge in [0.15, 0.2) is 0 Å². The zero-order valence-corrected chi connectivity index (χ0v) is 10.7. The number of piperidine rings is 1. The van der Waals surface area contributed by atoms with E-state index in [-0.39, 0.29) is 23.8 Å². The summed E-state index contributed by atoms with van der Waals surface area (Å²) in [4.78, 5) is 11.9. The van der Waals surface area contributed by atoms with Gasteiger partial charge in [0, 0.05) is 6.54 Å². The molecule has 0 unspecified atom stereocenters. The van der Waals surface area contributed by atoms with Crippen molar-refractivity contribution in [2.45, 2.75) is 33.6 Å². The van der Waals surface area contributed by atoms with E-state index in [2.05, 4.69) is 19.2 Å². The van der Waals surface area contributed by atoms with Crippen molar-refractivity contribution in [3.05, 3.63) is 0 Å². The van der Waals surface area contributed by atoms with Crippen molar-refractivity contribution in [3.63, 3.8) is 0 Å². The molecule has 0 spiro atoms. The summed E-state index contributed by atoms with van der Waals surface area (Å²) in [5.41, 5.74) is -0.283. The van der Waals surface area contributed by atoms with Gasteiger partial charge in [-0.1, -0.05) is 13.8 Å². The summed E-state index contributed by atoms with van der Waals surface area (Å²) < 4.78 is 5.17. The monoisotopic (exact) mass is 235 g/mol. The highest BCUT2D eigenvalue weighted by atomic mass is 35.5. The minimum absolute atomic E-state index is 0. The first-order valence-corrected chi connectivity index (χ1v) is 5.51. The van der Waals surface area contributed by atoms with Crippen LogP contribution in [-0.2, 0) is 9.53 Å². The van der Waals surface area contributed by atoms with Gasteiger partial charge < -0.3 is 10.1 Å².